The van der Waals surface area contributed by atoms with Crippen LogP contribution in [0.5, 0.6) is 0 Å². The molecule has 0 aromatic heterocycles. The number of nitrogens with one attached hydrogen (secondary N) is 1. The van der Waals surface area contributed by atoms with Crippen molar-refractivity contribution in [1.82, 2.24) is 4.90 Å². The molecule has 4 heteroatoms. The summed E-state index contributed by atoms with van der Waals surface area (Å²) in [6, 6.07) is 4.57. The summed E-state index contributed by atoms with van der Waals surface area (Å²) < 4.78 is 13.1. The average Bonchev–Trinajstić information content (AvgIpc) is 2.39. The quantitative estimate of drug-likeness (QED) is 0.910. The molecule has 0 saturated carbocycles. The Morgan fingerprint density at radius 2 is 2.32 bits per heavy atom. The highest BCUT2D eigenvalue weighted by Crippen LogP contribution is 2.17. The van der Waals surface area contributed by atoms with Gasteiger partial charge in [-0.3, -0.25) is 4.79 Å². The second kappa shape index (κ2) is 6.04. The van der Waals surface area contributed by atoms with Gasteiger partial charge >= 0.3 is 0 Å². The summed E-state index contributed by atoms with van der Waals surface area (Å²) in [5.41, 5.74) is 1.64. The van der Waals surface area contributed by atoms with Crippen molar-refractivity contribution in [2.45, 2.75) is 26.7 Å². The van der Waals surface area contributed by atoms with Crippen LogP contribution in [0.1, 0.15) is 25.3 Å². The molecule has 1 aliphatic rings. The Kier molecular flexibility index (Phi) is 4.40. The lowest BCUT2D eigenvalue weighted by Crippen LogP contribution is -2.42. The number of aryl methyl sites for hydroxylation is 1. The Hall–Kier alpha value is -1.58. The van der Waals surface area contributed by atoms with Gasteiger partial charge in [0.25, 0.3) is 0 Å². The predicted octanol–water partition coefficient (Wildman–Crippen LogP) is 2.80. The molecule has 1 fully saturated rings. The first-order chi connectivity index (χ1) is 9.06. The van der Waals surface area contributed by atoms with Gasteiger partial charge in [-0.25, -0.2) is 4.39 Å². The average molecular weight is 264 g/mol. The van der Waals surface area contributed by atoms with Gasteiger partial charge < -0.3 is 10.2 Å². The zero-order valence-electron chi connectivity index (χ0n) is 11.6. The van der Waals surface area contributed by atoms with E-state index in [0.717, 1.165) is 25.1 Å². The first-order valence-corrected chi connectivity index (χ1v) is 6.84. The van der Waals surface area contributed by atoms with Gasteiger partial charge in [-0.05, 0) is 43.4 Å². The highest BCUT2D eigenvalue weighted by molar-refractivity contribution is 5.81. The Balaban J connectivity index is 1.91. The molecule has 1 aromatic carbocycles. The normalized spacial score (nSPS) is 19.3. The van der Waals surface area contributed by atoms with Crippen molar-refractivity contribution in [3.05, 3.63) is 29.6 Å². The molecule has 1 saturated heterocycles. The molecule has 104 valence electrons. The van der Waals surface area contributed by atoms with Gasteiger partial charge in [0.2, 0.25) is 5.91 Å². The van der Waals surface area contributed by atoms with Crippen molar-refractivity contribution in [3.63, 3.8) is 0 Å². The number of hydrogen-bond acceptors (Lipinski definition) is 2. The monoisotopic (exact) mass is 264 g/mol. The highest BCUT2D eigenvalue weighted by atomic mass is 19.1. The maximum Gasteiger partial charge on any atom is 0.241 e. The Morgan fingerprint density at radius 3 is 3.05 bits per heavy atom. The van der Waals surface area contributed by atoms with Crippen molar-refractivity contribution in [2.24, 2.45) is 5.92 Å². The molecule has 2 rings (SSSR count). The summed E-state index contributed by atoms with van der Waals surface area (Å²) in [5.74, 6) is 0.385. The molecule has 1 aliphatic heterocycles. The molecule has 1 atom stereocenters. The van der Waals surface area contributed by atoms with Crippen LogP contribution >= 0.6 is 0 Å². The van der Waals surface area contributed by atoms with Gasteiger partial charge in [0.15, 0.2) is 0 Å². The number of carbonyl (C=O) groups excluding carboxylic acids is 1. The molecule has 1 amide bonds. The lowest BCUT2D eigenvalue weighted by atomic mass is 10.0. The molecule has 0 spiro atoms. The van der Waals surface area contributed by atoms with E-state index < -0.39 is 0 Å². The lowest BCUT2D eigenvalue weighted by Gasteiger charge is -2.31. The molecule has 1 aromatic rings. The number of likely N-dealkylation sites (tertiary alicyclic amines) is 1. The van der Waals surface area contributed by atoms with Gasteiger partial charge in [0, 0.05) is 18.8 Å². The SMILES string of the molecule is Cc1ccc(F)cc1NCC(=O)N1CCCC(C)C1. The standard InChI is InChI=1S/C15H21FN2O/c1-11-4-3-7-18(10-11)15(19)9-17-14-8-13(16)6-5-12(14)2/h5-6,8,11,17H,3-4,7,9-10H2,1-2H3. The maximum atomic E-state index is 13.1. The molecule has 0 radical (unpaired) electrons. The minimum Gasteiger partial charge on any atom is -0.376 e. The fourth-order valence-corrected chi connectivity index (χ4v) is 2.48. The molecular formula is C15H21FN2O. The van der Waals surface area contributed by atoms with Crippen molar-refractivity contribution >= 4 is 11.6 Å². The fraction of sp³-hybridized carbons (Fsp3) is 0.533. The third kappa shape index (κ3) is 3.69. The van der Waals surface area contributed by atoms with Crippen LogP contribution in [0.3, 0.4) is 0 Å². The second-order valence-corrected chi connectivity index (χ2v) is 5.40. The number of amides is 1. The lowest BCUT2D eigenvalue weighted by molar-refractivity contribution is -0.130. The van der Waals surface area contributed by atoms with Crippen molar-refractivity contribution < 1.29 is 9.18 Å². The molecule has 19 heavy (non-hydrogen) atoms. The van der Waals surface area contributed by atoms with Crippen LogP contribution in [-0.2, 0) is 4.79 Å². The van der Waals surface area contributed by atoms with Crippen LogP contribution in [0, 0.1) is 18.7 Å². The highest BCUT2D eigenvalue weighted by Gasteiger charge is 2.20. The number of benzene rings is 1. The van der Waals surface area contributed by atoms with E-state index in [4.69, 9.17) is 0 Å². The Labute approximate surface area is 113 Å². The minimum absolute atomic E-state index is 0.0928. The van der Waals surface area contributed by atoms with E-state index >= 15 is 0 Å². The van der Waals surface area contributed by atoms with E-state index in [1.807, 2.05) is 11.8 Å². The van der Waals surface area contributed by atoms with Gasteiger partial charge in [-0.2, -0.15) is 0 Å². The van der Waals surface area contributed by atoms with E-state index in [0.29, 0.717) is 11.6 Å². The molecule has 1 unspecified atom stereocenters. The van der Waals surface area contributed by atoms with Gasteiger partial charge in [-0.15, -0.1) is 0 Å². The summed E-state index contributed by atoms with van der Waals surface area (Å²) >= 11 is 0. The van der Waals surface area contributed by atoms with E-state index in [-0.39, 0.29) is 18.3 Å². The first kappa shape index (κ1) is 13.8. The minimum atomic E-state index is -0.285. The number of hydrogen-bond donors (Lipinski definition) is 1. The summed E-state index contributed by atoms with van der Waals surface area (Å²) in [6.07, 6.45) is 2.27. The summed E-state index contributed by atoms with van der Waals surface area (Å²) in [4.78, 5) is 14.0. The first-order valence-electron chi connectivity index (χ1n) is 6.84. The molecule has 0 aliphatic carbocycles. The number of carbonyl (C=O) groups is 1. The van der Waals surface area contributed by atoms with Crippen LogP contribution in [-0.4, -0.2) is 30.4 Å². The van der Waals surface area contributed by atoms with E-state index in [9.17, 15) is 9.18 Å². The summed E-state index contributed by atoms with van der Waals surface area (Å²) in [5, 5.41) is 3.03. The zero-order chi connectivity index (χ0) is 13.8. The van der Waals surface area contributed by atoms with Gasteiger partial charge in [-0.1, -0.05) is 13.0 Å². The number of halogens is 1. The van der Waals surface area contributed by atoms with Gasteiger partial charge in [0.05, 0.1) is 6.54 Å². The largest absolute Gasteiger partial charge is 0.376 e. The number of nitrogens with zero attached hydrogens (tertiary/aromatic N) is 1. The number of anilines is 1. The smallest absolute Gasteiger partial charge is 0.241 e. The predicted molar refractivity (Wildman–Crippen MR) is 74.6 cm³/mol. The van der Waals surface area contributed by atoms with Crippen LogP contribution in [0.2, 0.25) is 0 Å². The number of piperidine rings is 1. The van der Waals surface area contributed by atoms with Crippen LogP contribution in [0.15, 0.2) is 18.2 Å². The van der Waals surface area contributed by atoms with Crippen molar-refractivity contribution in [3.8, 4) is 0 Å². The zero-order valence-corrected chi connectivity index (χ0v) is 11.6. The number of rotatable bonds is 3. The topological polar surface area (TPSA) is 32.3 Å². The molecule has 1 N–H and O–H groups in total. The van der Waals surface area contributed by atoms with Crippen molar-refractivity contribution in [2.75, 3.05) is 25.0 Å². The second-order valence-electron chi connectivity index (χ2n) is 5.40. The fourth-order valence-electron chi connectivity index (χ4n) is 2.48. The molecule has 3 nitrogen and oxygen atoms in total. The molecular weight excluding hydrogens is 243 g/mol. The summed E-state index contributed by atoms with van der Waals surface area (Å²) in [7, 11) is 0. The van der Waals surface area contributed by atoms with Crippen LogP contribution in [0.4, 0.5) is 10.1 Å². The third-order valence-electron chi connectivity index (χ3n) is 3.64. The van der Waals surface area contributed by atoms with Crippen molar-refractivity contribution in [1.29, 1.82) is 0 Å². The van der Waals surface area contributed by atoms with E-state index in [1.54, 1.807) is 6.07 Å². The molecule has 0 bridgehead atoms. The van der Waals surface area contributed by atoms with Gasteiger partial charge in [0.1, 0.15) is 5.82 Å². The summed E-state index contributed by atoms with van der Waals surface area (Å²) in [6.45, 7) is 5.98. The molecule has 1 heterocycles. The Bertz CT molecular complexity index is 461. The van der Waals surface area contributed by atoms with Crippen LogP contribution in [0.25, 0.3) is 0 Å². The maximum absolute atomic E-state index is 13.1. The van der Waals surface area contributed by atoms with E-state index in [2.05, 4.69) is 12.2 Å². The van der Waals surface area contributed by atoms with E-state index in [1.165, 1.54) is 18.6 Å². The third-order valence-corrected chi connectivity index (χ3v) is 3.64. The van der Waals surface area contributed by atoms with Crippen LogP contribution < -0.4 is 5.32 Å². The Morgan fingerprint density at radius 1 is 1.53 bits per heavy atom.